The number of carbonyl (C=O) groups is 4. The lowest BCUT2D eigenvalue weighted by molar-refractivity contribution is 0.0119. The Morgan fingerprint density at radius 1 is 0.687 bits per heavy atom. The maximum Gasteiger partial charge on any atom is 0.255 e. The Bertz CT molecular complexity index is 2400. The quantitative estimate of drug-likeness (QED) is 0.0545. The molecule has 5 aromatic rings. The van der Waals surface area contributed by atoms with Gasteiger partial charge in [0.2, 0.25) is 0 Å². The SMILES string of the molecule is CCN(CC)c1ccc(NC(=O)c2cccc(C(=O)N(C)CCN(C)CCOCCOCCOCCNC(=O)c3cccnc3)c2)c(-c2cc(C(=O)NC3CCCc4ccccc43)ccn2)c1. The molecule has 4 amide bonds. The van der Waals surface area contributed by atoms with Crippen molar-refractivity contribution in [2.45, 2.75) is 39.2 Å². The summed E-state index contributed by atoms with van der Waals surface area (Å²) in [4.78, 5) is 67.8. The molecule has 1 unspecified atom stereocenters. The smallest absolute Gasteiger partial charge is 0.255 e. The van der Waals surface area contributed by atoms with E-state index in [1.807, 2.05) is 37.4 Å². The largest absolute Gasteiger partial charge is 0.378 e. The van der Waals surface area contributed by atoms with E-state index < -0.39 is 0 Å². The number of rotatable bonds is 25. The Morgan fingerprint density at radius 2 is 1.42 bits per heavy atom. The highest BCUT2D eigenvalue weighted by Gasteiger charge is 2.23. The molecule has 67 heavy (non-hydrogen) atoms. The van der Waals surface area contributed by atoms with Gasteiger partial charge in [-0.3, -0.25) is 29.1 Å². The van der Waals surface area contributed by atoms with Crippen molar-refractivity contribution in [3.05, 3.63) is 143 Å². The van der Waals surface area contributed by atoms with Gasteiger partial charge in [-0.15, -0.1) is 0 Å². The number of carbonyl (C=O) groups excluding carboxylic acids is 4. The molecule has 15 heteroatoms. The molecule has 1 aliphatic carbocycles. The predicted octanol–water partition coefficient (Wildman–Crippen LogP) is 6.53. The summed E-state index contributed by atoms with van der Waals surface area (Å²) in [6.45, 7) is 10.5. The van der Waals surface area contributed by atoms with E-state index in [1.54, 1.807) is 72.9 Å². The van der Waals surface area contributed by atoms with E-state index in [1.165, 1.54) is 11.8 Å². The third kappa shape index (κ3) is 14.7. The molecule has 0 fully saturated rings. The van der Waals surface area contributed by atoms with E-state index in [2.05, 4.69) is 61.7 Å². The van der Waals surface area contributed by atoms with Crippen LogP contribution in [0.3, 0.4) is 0 Å². The molecule has 2 aromatic heterocycles. The number of pyridine rings is 2. The molecule has 0 bridgehead atoms. The van der Waals surface area contributed by atoms with Crippen LogP contribution in [0.5, 0.6) is 0 Å². The van der Waals surface area contributed by atoms with Crippen LogP contribution in [0.15, 0.2) is 110 Å². The monoisotopic (exact) mass is 912 g/mol. The minimum Gasteiger partial charge on any atom is -0.378 e. The van der Waals surface area contributed by atoms with Gasteiger partial charge >= 0.3 is 0 Å². The zero-order valence-electron chi connectivity index (χ0n) is 39.2. The van der Waals surface area contributed by atoms with E-state index in [0.717, 1.165) is 43.6 Å². The number of benzene rings is 3. The summed E-state index contributed by atoms with van der Waals surface area (Å²) in [5, 5.41) is 9.11. The van der Waals surface area contributed by atoms with Crippen molar-refractivity contribution in [1.82, 2.24) is 30.4 Å². The fourth-order valence-corrected chi connectivity index (χ4v) is 7.84. The lowest BCUT2D eigenvalue weighted by Gasteiger charge is -2.26. The molecule has 3 N–H and O–H groups in total. The molecule has 0 radical (unpaired) electrons. The summed E-state index contributed by atoms with van der Waals surface area (Å²) in [7, 11) is 3.72. The molecule has 0 aliphatic heterocycles. The van der Waals surface area contributed by atoms with Crippen LogP contribution in [0, 0.1) is 0 Å². The maximum atomic E-state index is 13.9. The fraction of sp³-hybridized carbons (Fsp3) is 0.385. The van der Waals surface area contributed by atoms with Gasteiger partial charge in [0.25, 0.3) is 23.6 Å². The molecule has 3 aromatic carbocycles. The predicted molar refractivity (Wildman–Crippen MR) is 261 cm³/mol. The summed E-state index contributed by atoms with van der Waals surface area (Å²) in [6.07, 6.45) is 7.65. The first-order chi connectivity index (χ1) is 32.6. The minimum absolute atomic E-state index is 0.0695. The average molecular weight is 913 g/mol. The molecule has 0 spiro atoms. The number of fused-ring (bicyclic) bond motifs is 1. The minimum atomic E-state index is -0.378. The summed E-state index contributed by atoms with van der Waals surface area (Å²) in [5.41, 5.74) is 6.87. The van der Waals surface area contributed by atoms with E-state index in [4.69, 9.17) is 14.2 Å². The molecule has 1 atom stereocenters. The van der Waals surface area contributed by atoms with Gasteiger partial charge < -0.3 is 44.9 Å². The number of ether oxygens (including phenoxy) is 3. The zero-order valence-corrected chi connectivity index (χ0v) is 39.2. The second-order valence-electron chi connectivity index (χ2n) is 16.3. The van der Waals surface area contributed by atoms with E-state index in [-0.39, 0.29) is 29.7 Å². The lowest BCUT2D eigenvalue weighted by Crippen LogP contribution is -2.36. The first-order valence-electron chi connectivity index (χ1n) is 23.2. The van der Waals surface area contributed by atoms with Crippen molar-refractivity contribution in [2.75, 3.05) is 103 Å². The first kappa shape index (κ1) is 49.9. The van der Waals surface area contributed by atoms with Gasteiger partial charge in [0.15, 0.2) is 0 Å². The number of hydrogen-bond acceptors (Lipinski definition) is 11. The van der Waals surface area contributed by atoms with Crippen LogP contribution in [0.4, 0.5) is 11.4 Å². The zero-order chi connectivity index (χ0) is 47.4. The Labute approximate surface area is 394 Å². The van der Waals surface area contributed by atoms with Crippen molar-refractivity contribution in [2.24, 2.45) is 0 Å². The van der Waals surface area contributed by atoms with Gasteiger partial charge in [0.05, 0.1) is 62.6 Å². The van der Waals surface area contributed by atoms with Crippen LogP contribution in [0.2, 0.25) is 0 Å². The van der Waals surface area contributed by atoms with Crippen LogP contribution < -0.4 is 20.9 Å². The van der Waals surface area contributed by atoms with Gasteiger partial charge in [-0.1, -0.05) is 30.3 Å². The molecule has 354 valence electrons. The Morgan fingerprint density at radius 3 is 2.19 bits per heavy atom. The number of likely N-dealkylation sites (N-methyl/N-ethyl adjacent to an activating group) is 2. The van der Waals surface area contributed by atoms with Crippen LogP contribution in [-0.4, -0.2) is 136 Å². The maximum absolute atomic E-state index is 13.9. The van der Waals surface area contributed by atoms with Crippen LogP contribution in [0.1, 0.15) is 85.3 Å². The van der Waals surface area contributed by atoms with E-state index in [9.17, 15) is 19.2 Å². The second-order valence-corrected chi connectivity index (χ2v) is 16.3. The van der Waals surface area contributed by atoms with Gasteiger partial charge in [-0.05, 0) is 112 Å². The topological polar surface area (TPSA) is 168 Å². The first-order valence-corrected chi connectivity index (χ1v) is 23.2. The second kappa shape index (κ2) is 26.0. The Balaban J connectivity index is 0.957. The van der Waals surface area contributed by atoms with Crippen LogP contribution in [0.25, 0.3) is 11.3 Å². The molecule has 6 rings (SSSR count). The van der Waals surface area contributed by atoms with Crippen molar-refractivity contribution >= 4 is 35.0 Å². The fourth-order valence-electron chi connectivity index (χ4n) is 7.84. The number of nitrogens with one attached hydrogen (secondary N) is 3. The number of amides is 4. The van der Waals surface area contributed by atoms with Crippen LogP contribution >= 0.6 is 0 Å². The van der Waals surface area contributed by atoms with E-state index in [0.29, 0.717) is 105 Å². The van der Waals surface area contributed by atoms with Crippen molar-refractivity contribution in [3.8, 4) is 11.3 Å². The highest BCUT2D eigenvalue weighted by atomic mass is 16.5. The molecular weight excluding hydrogens is 849 g/mol. The Hall–Kier alpha value is -6.52. The van der Waals surface area contributed by atoms with Crippen molar-refractivity contribution < 1.29 is 33.4 Å². The molecule has 1 aliphatic rings. The highest BCUT2D eigenvalue weighted by molar-refractivity contribution is 6.08. The molecule has 15 nitrogen and oxygen atoms in total. The van der Waals surface area contributed by atoms with Gasteiger partial charge in [0.1, 0.15) is 0 Å². The number of anilines is 2. The highest BCUT2D eigenvalue weighted by Crippen LogP contribution is 2.33. The van der Waals surface area contributed by atoms with Crippen molar-refractivity contribution in [3.63, 3.8) is 0 Å². The molecular formula is C52H64N8O7. The molecule has 0 saturated carbocycles. The van der Waals surface area contributed by atoms with E-state index >= 15 is 0 Å². The van der Waals surface area contributed by atoms with Crippen molar-refractivity contribution in [1.29, 1.82) is 0 Å². The normalized spacial score (nSPS) is 13.1. The third-order valence-corrected chi connectivity index (χ3v) is 11.7. The number of aromatic nitrogens is 2. The average Bonchev–Trinajstić information content (AvgIpc) is 3.36. The number of aryl methyl sites for hydroxylation is 1. The van der Waals surface area contributed by atoms with Gasteiger partial charge in [0, 0.05) is 92.8 Å². The standard InChI is InChI=1S/C52H64N8O7/c1-5-60(6-2)43-19-20-47(45(36-43)48-35-40(21-23-54-48)51(63)56-46-18-10-13-38-12-7-8-17-44(38)46)57-50(62)39-14-9-15-41(34-39)52(64)59(4)26-25-58(3)27-29-66-31-33-67-32-30-65-28-24-55-49(61)42-16-11-22-53-37-42/h7-9,11-12,14-17,19-23,34-37,46H,5-6,10,13,18,24-33H2,1-4H3,(H,55,61)(H,56,63)(H,57,62). The number of nitrogens with zero attached hydrogens (tertiary/aromatic N) is 5. The Kier molecular flexibility index (Phi) is 19.4. The molecule has 2 heterocycles. The summed E-state index contributed by atoms with van der Waals surface area (Å²) in [5.74, 6) is -0.945. The third-order valence-electron chi connectivity index (χ3n) is 11.7. The van der Waals surface area contributed by atoms with Gasteiger partial charge in [-0.25, -0.2) is 0 Å². The molecule has 0 saturated heterocycles. The lowest BCUT2D eigenvalue weighted by atomic mass is 9.87. The summed E-state index contributed by atoms with van der Waals surface area (Å²) in [6, 6.07) is 27.7. The van der Waals surface area contributed by atoms with Gasteiger partial charge in [-0.2, -0.15) is 0 Å². The number of hydrogen-bond donors (Lipinski definition) is 3. The summed E-state index contributed by atoms with van der Waals surface area (Å²) >= 11 is 0. The summed E-state index contributed by atoms with van der Waals surface area (Å²) < 4.78 is 16.8. The van der Waals surface area contributed by atoms with Crippen LogP contribution in [-0.2, 0) is 20.6 Å².